The molecular formula is C12H18N2O4. The van der Waals surface area contributed by atoms with Crippen molar-refractivity contribution >= 4 is 11.7 Å². The number of aromatic nitrogens is 1. The van der Waals surface area contributed by atoms with Crippen molar-refractivity contribution in [3.05, 3.63) is 18.3 Å². The van der Waals surface area contributed by atoms with Gasteiger partial charge in [0.1, 0.15) is 0 Å². The van der Waals surface area contributed by atoms with Gasteiger partial charge in [-0.2, -0.15) is 0 Å². The van der Waals surface area contributed by atoms with Gasteiger partial charge < -0.3 is 19.9 Å². The van der Waals surface area contributed by atoms with Crippen molar-refractivity contribution in [3.63, 3.8) is 0 Å². The molecule has 1 unspecified atom stereocenters. The lowest BCUT2D eigenvalue weighted by Crippen LogP contribution is -2.42. The summed E-state index contributed by atoms with van der Waals surface area (Å²) in [6, 6.07) is 3.46. The molecule has 1 atom stereocenters. The fourth-order valence-electron chi connectivity index (χ4n) is 1.28. The first-order chi connectivity index (χ1) is 8.49. The summed E-state index contributed by atoms with van der Waals surface area (Å²) < 4.78 is 9.69. The number of aliphatic hydroxyl groups is 1. The standard InChI is InChI=1S/C12H18N2O4/c1-4-18-10-6-5-9(7-13-10)14-8-12(2,16)11(15)17-3/h5-7,14,16H,4,8H2,1-3H3. The number of nitrogens with one attached hydrogen (secondary N) is 1. The number of hydrogen-bond donors (Lipinski definition) is 2. The molecular weight excluding hydrogens is 236 g/mol. The second-order valence-electron chi connectivity index (χ2n) is 3.94. The predicted molar refractivity (Wildman–Crippen MR) is 66.5 cm³/mol. The van der Waals surface area contributed by atoms with Crippen molar-refractivity contribution in [1.82, 2.24) is 4.98 Å². The molecule has 0 fully saturated rings. The van der Waals surface area contributed by atoms with Crippen LogP contribution in [0.15, 0.2) is 18.3 Å². The fourth-order valence-corrected chi connectivity index (χ4v) is 1.28. The van der Waals surface area contributed by atoms with Crippen LogP contribution in [-0.4, -0.2) is 41.9 Å². The van der Waals surface area contributed by atoms with Crippen LogP contribution in [0.5, 0.6) is 5.88 Å². The number of esters is 1. The zero-order chi connectivity index (χ0) is 13.6. The van der Waals surface area contributed by atoms with E-state index in [1.165, 1.54) is 14.0 Å². The first-order valence-electron chi connectivity index (χ1n) is 5.63. The van der Waals surface area contributed by atoms with Crippen LogP contribution in [0.1, 0.15) is 13.8 Å². The van der Waals surface area contributed by atoms with Gasteiger partial charge in [0.15, 0.2) is 5.60 Å². The van der Waals surface area contributed by atoms with Crippen LogP contribution < -0.4 is 10.1 Å². The monoisotopic (exact) mass is 254 g/mol. The number of methoxy groups -OCH3 is 1. The Morgan fingerprint density at radius 3 is 2.78 bits per heavy atom. The lowest BCUT2D eigenvalue weighted by atomic mass is 10.1. The maximum absolute atomic E-state index is 11.2. The molecule has 1 rings (SSSR count). The van der Waals surface area contributed by atoms with E-state index in [0.717, 1.165) is 0 Å². The number of ether oxygens (including phenoxy) is 2. The summed E-state index contributed by atoms with van der Waals surface area (Å²) in [6.45, 7) is 3.85. The van der Waals surface area contributed by atoms with Gasteiger partial charge in [0.25, 0.3) is 0 Å². The normalized spacial score (nSPS) is 13.6. The van der Waals surface area contributed by atoms with Crippen molar-refractivity contribution in [1.29, 1.82) is 0 Å². The molecule has 1 heterocycles. The van der Waals surface area contributed by atoms with Gasteiger partial charge >= 0.3 is 5.97 Å². The number of anilines is 1. The molecule has 18 heavy (non-hydrogen) atoms. The molecule has 0 aliphatic heterocycles. The number of hydrogen-bond acceptors (Lipinski definition) is 6. The van der Waals surface area contributed by atoms with Gasteiger partial charge in [-0.15, -0.1) is 0 Å². The summed E-state index contributed by atoms with van der Waals surface area (Å²) in [4.78, 5) is 15.3. The van der Waals surface area contributed by atoms with Gasteiger partial charge in [-0.1, -0.05) is 0 Å². The summed E-state index contributed by atoms with van der Waals surface area (Å²) in [5.41, 5.74) is -0.893. The molecule has 1 aromatic heterocycles. The van der Waals surface area contributed by atoms with Crippen LogP contribution in [0.3, 0.4) is 0 Å². The van der Waals surface area contributed by atoms with Crippen LogP contribution in [0.2, 0.25) is 0 Å². The molecule has 1 aromatic rings. The molecule has 6 heteroatoms. The molecule has 0 bridgehead atoms. The molecule has 6 nitrogen and oxygen atoms in total. The molecule has 0 amide bonds. The second-order valence-corrected chi connectivity index (χ2v) is 3.94. The van der Waals surface area contributed by atoms with Gasteiger partial charge in [0.05, 0.1) is 32.1 Å². The van der Waals surface area contributed by atoms with Crippen molar-refractivity contribution in [3.8, 4) is 5.88 Å². The third kappa shape index (κ3) is 3.89. The molecule has 100 valence electrons. The van der Waals surface area contributed by atoms with E-state index in [-0.39, 0.29) is 6.54 Å². The highest BCUT2D eigenvalue weighted by Gasteiger charge is 2.31. The minimum Gasteiger partial charge on any atom is -0.478 e. The summed E-state index contributed by atoms with van der Waals surface area (Å²) in [6.07, 6.45) is 1.57. The molecule has 0 aliphatic carbocycles. The molecule has 0 radical (unpaired) electrons. The third-order valence-electron chi connectivity index (χ3n) is 2.29. The highest BCUT2D eigenvalue weighted by atomic mass is 16.5. The minimum atomic E-state index is -1.58. The fraction of sp³-hybridized carbons (Fsp3) is 0.500. The van der Waals surface area contributed by atoms with Crippen LogP contribution in [0.4, 0.5) is 5.69 Å². The Morgan fingerprint density at radius 1 is 1.56 bits per heavy atom. The van der Waals surface area contributed by atoms with E-state index in [0.29, 0.717) is 18.2 Å². The average Bonchev–Trinajstić information content (AvgIpc) is 2.37. The molecule has 0 aromatic carbocycles. The highest BCUT2D eigenvalue weighted by Crippen LogP contribution is 2.13. The Morgan fingerprint density at radius 2 is 2.28 bits per heavy atom. The molecule has 0 aliphatic rings. The zero-order valence-corrected chi connectivity index (χ0v) is 10.8. The average molecular weight is 254 g/mol. The van der Waals surface area contributed by atoms with Gasteiger partial charge in [-0.3, -0.25) is 0 Å². The smallest absolute Gasteiger partial charge is 0.339 e. The third-order valence-corrected chi connectivity index (χ3v) is 2.29. The van der Waals surface area contributed by atoms with Crippen molar-refractivity contribution in [2.75, 3.05) is 25.6 Å². The summed E-state index contributed by atoms with van der Waals surface area (Å²) in [5.74, 6) is -0.156. The Hall–Kier alpha value is -1.82. The summed E-state index contributed by atoms with van der Waals surface area (Å²) in [7, 11) is 1.23. The first kappa shape index (κ1) is 14.2. The lowest BCUT2D eigenvalue weighted by Gasteiger charge is -2.21. The molecule has 0 saturated carbocycles. The number of pyridine rings is 1. The maximum Gasteiger partial charge on any atom is 0.339 e. The van der Waals surface area contributed by atoms with E-state index >= 15 is 0 Å². The van der Waals surface area contributed by atoms with Crippen LogP contribution in [-0.2, 0) is 9.53 Å². The van der Waals surface area contributed by atoms with Crippen LogP contribution >= 0.6 is 0 Å². The molecule has 0 saturated heterocycles. The van der Waals surface area contributed by atoms with Gasteiger partial charge in [0.2, 0.25) is 5.88 Å². The molecule has 2 N–H and O–H groups in total. The first-order valence-corrected chi connectivity index (χ1v) is 5.63. The number of rotatable bonds is 6. The Bertz CT molecular complexity index is 390. The zero-order valence-electron chi connectivity index (χ0n) is 10.8. The number of carbonyl (C=O) groups is 1. The van der Waals surface area contributed by atoms with Crippen molar-refractivity contribution in [2.24, 2.45) is 0 Å². The lowest BCUT2D eigenvalue weighted by molar-refractivity contribution is -0.158. The van der Waals surface area contributed by atoms with E-state index in [1.54, 1.807) is 18.3 Å². The van der Waals surface area contributed by atoms with E-state index < -0.39 is 11.6 Å². The minimum absolute atomic E-state index is 0.0370. The number of carbonyl (C=O) groups excluding carboxylic acids is 1. The largest absolute Gasteiger partial charge is 0.478 e. The quantitative estimate of drug-likeness (QED) is 0.731. The second kappa shape index (κ2) is 6.20. The topological polar surface area (TPSA) is 80.7 Å². The Labute approximate surface area is 106 Å². The summed E-state index contributed by atoms with van der Waals surface area (Å²) in [5, 5.41) is 12.7. The van der Waals surface area contributed by atoms with Crippen LogP contribution in [0.25, 0.3) is 0 Å². The van der Waals surface area contributed by atoms with E-state index in [2.05, 4.69) is 15.0 Å². The Kier molecular flexibility index (Phi) is 4.91. The number of nitrogens with zero attached hydrogens (tertiary/aromatic N) is 1. The van der Waals surface area contributed by atoms with Crippen molar-refractivity contribution < 1.29 is 19.4 Å². The highest BCUT2D eigenvalue weighted by molar-refractivity contribution is 5.79. The van der Waals surface area contributed by atoms with E-state index in [9.17, 15) is 9.90 Å². The SMILES string of the molecule is CCOc1ccc(NCC(C)(O)C(=O)OC)cn1. The van der Waals surface area contributed by atoms with Crippen molar-refractivity contribution in [2.45, 2.75) is 19.4 Å². The van der Waals surface area contributed by atoms with Gasteiger partial charge in [0, 0.05) is 6.07 Å². The maximum atomic E-state index is 11.2. The van der Waals surface area contributed by atoms with Gasteiger partial charge in [-0.05, 0) is 19.9 Å². The molecule has 0 spiro atoms. The Balaban J connectivity index is 2.55. The summed E-state index contributed by atoms with van der Waals surface area (Å²) >= 11 is 0. The van der Waals surface area contributed by atoms with Gasteiger partial charge in [-0.25, -0.2) is 9.78 Å². The van der Waals surface area contributed by atoms with Crippen LogP contribution in [0, 0.1) is 0 Å². The van der Waals surface area contributed by atoms with E-state index in [4.69, 9.17) is 4.74 Å². The van der Waals surface area contributed by atoms with E-state index in [1.807, 2.05) is 6.92 Å². The predicted octanol–water partition coefficient (Wildman–Crippen LogP) is 0.816.